The SMILES string of the molecule is Nc1c(F)c(N2CCC(N)C2)c(O)c2c1c(=O)c(OC(=O)O)cn2C1CC1. The lowest BCUT2D eigenvalue weighted by Crippen LogP contribution is -2.27. The zero-order chi connectivity index (χ0) is 19.5. The molecule has 0 radical (unpaired) electrons. The van der Waals surface area contributed by atoms with Gasteiger partial charge in [-0.25, -0.2) is 9.18 Å². The number of nitrogens with two attached hydrogens (primary N) is 2. The van der Waals surface area contributed by atoms with Crippen molar-refractivity contribution in [2.24, 2.45) is 5.73 Å². The first-order valence-electron chi connectivity index (χ1n) is 8.59. The minimum absolute atomic E-state index is 0.0614. The van der Waals surface area contributed by atoms with E-state index in [1.807, 2.05) is 0 Å². The van der Waals surface area contributed by atoms with Gasteiger partial charge in [0.2, 0.25) is 5.43 Å². The summed E-state index contributed by atoms with van der Waals surface area (Å²) in [5.41, 5.74) is 10.5. The molecule has 2 heterocycles. The number of aromatic hydroxyl groups is 1. The predicted molar refractivity (Wildman–Crippen MR) is 96.0 cm³/mol. The summed E-state index contributed by atoms with van der Waals surface area (Å²) in [5.74, 6) is -1.82. The first-order valence-corrected chi connectivity index (χ1v) is 8.59. The van der Waals surface area contributed by atoms with Crippen molar-refractivity contribution in [2.75, 3.05) is 23.7 Å². The lowest BCUT2D eigenvalue weighted by atomic mass is 10.1. The van der Waals surface area contributed by atoms with E-state index in [4.69, 9.17) is 16.6 Å². The topological polar surface area (TPSA) is 144 Å². The van der Waals surface area contributed by atoms with Gasteiger partial charge in [0.1, 0.15) is 5.69 Å². The average molecular weight is 378 g/mol. The molecule has 10 heteroatoms. The summed E-state index contributed by atoms with van der Waals surface area (Å²) in [6.45, 7) is 0.799. The van der Waals surface area contributed by atoms with Gasteiger partial charge in [0.25, 0.3) is 0 Å². The molecule has 1 saturated heterocycles. The molecule has 0 spiro atoms. The molecular weight excluding hydrogens is 359 g/mol. The Bertz CT molecular complexity index is 1020. The van der Waals surface area contributed by atoms with Gasteiger partial charge in [0.05, 0.1) is 22.8 Å². The molecule has 1 atom stereocenters. The highest BCUT2D eigenvalue weighted by Gasteiger charge is 2.33. The quantitative estimate of drug-likeness (QED) is 0.356. The van der Waals surface area contributed by atoms with Gasteiger partial charge in [-0.05, 0) is 19.3 Å². The van der Waals surface area contributed by atoms with Crippen LogP contribution in [0.2, 0.25) is 0 Å². The molecule has 27 heavy (non-hydrogen) atoms. The second-order valence-electron chi connectivity index (χ2n) is 6.97. The number of hydrogen-bond donors (Lipinski definition) is 4. The number of nitrogens with zero attached hydrogens (tertiary/aromatic N) is 2. The molecule has 2 aromatic rings. The van der Waals surface area contributed by atoms with Crippen LogP contribution in [-0.2, 0) is 0 Å². The number of hydrogen-bond acceptors (Lipinski definition) is 7. The van der Waals surface area contributed by atoms with Gasteiger partial charge in [-0.1, -0.05) is 0 Å². The van der Waals surface area contributed by atoms with Crippen LogP contribution >= 0.6 is 0 Å². The molecule has 1 aliphatic heterocycles. The van der Waals surface area contributed by atoms with E-state index in [1.54, 1.807) is 9.47 Å². The second kappa shape index (κ2) is 6.02. The zero-order valence-corrected chi connectivity index (χ0v) is 14.3. The van der Waals surface area contributed by atoms with E-state index in [0.29, 0.717) is 19.5 Å². The number of carboxylic acid groups (broad SMARTS) is 1. The van der Waals surface area contributed by atoms with Crippen molar-refractivity contribution in [3.05, 3.63) is 22.2 Å². The van der Waals surface area contributed by atoms with Crippen LogP contribution in [0.15, 0.2) is 11.0 Å². The number of carbonyl (C=O) groups is 1. The minimum Gasteiger partial charge on any atom is -0.504 e. The van der Waals surface area contributed by atoms with Crippen molar-refractivity contribution in [2.45, 2.75) is 31.3 Å². The summed E-state index contributed by atoms with van der Waals surface area (Å²) in [6.07, 6.45) is 1.74. The average Bonchev–Trinajstić information content (AvgIpc) is 3.36. The normalized spacial score (nSPS) is 19.6. The smallest absolute Gasteiger partial charge is 0.504 e. The fourth-order valence-electron chi connectivity index (χ4n) is 3.64. The molecule has 0 bridgehead atoms. The molecule has 1 unspecified atom stereocenters. The molecular formula is C17H19FN4O5. The van der Waals surface area contributed by atoms with Crippen LogP contribution in [-0.4, -0.2) is 40.1 Å². The van der Waals surface area contributed by atoms with E-state index in [-0.39, 0.29) is 28.7 Å². The van der Waals surface area contributed by atoms with E-state index < -0.39 is 34.6 Å². The Labute approximate surface area is 152 Å². The number of fused-ring (bicyclic) bond motifs is 1. The maximum Gasteiger partial charge on any atom is 0.511 e. The van der Waals surface area contributed by atoms with E-state index >= 15 is 4.39 Å². The Morgan fingerprint density at radius 2 is 2.04 bits per heavy atom. The summed E-state index contributed by atoms with van der Waals surface area (Å²) in [7, 11) is 0. The molecule has 6 N–H and O–H groups in total. The second-order valence-corrected chi connectivity index (χ2v) is 6.97. The fourth-order valence-corrected chi connectivity index (χ4v) is 3.64. The van der Waals surface area contributed by atoms with Crippen LogP contribution in [0.4, 0.5) is 20.6 Å². The summed E-state index contributed by atoms with van der Waals surface area (Å²) < 4.78 is 21.1. The van der Waals surface area contributed by atoms with Gasteiger partial charge in [-0.15, -0.1) is 0 Å². The number of aromatic nitrogens is 1. The first-order chi connectivity index (χ1) is 12.8. The molecule has 1 aromatic carbocycles. The summed E-state index contributed by atoms with van der Waals surface area (Å²) >= 11 is 0. The van der Waals surface area contributed by atoms with Crippen LogP contribution in [0.5, 0.6) is 11.5 Å². The number of pyridine rings is 1. The van der Waals surface area contributed by atoms with Crippen LogP contribution < -0.4 is 26.5 Å². The molecule has 1 saturated carbocycles. The van der Waals surface area contributed by atoms with Crippen LogP contribution in [0.3, 0.4) is 0 Å². The summed E-state index contributed by atoms with van der Waals surface area (Å²) in [6, 6.07) is -0.216. The molecule has 0 amide bonds. The minimum atomic E-state index is -1.67. The van der Waals surface area contributed by atoms with Crippen LogP contribution in [0.1, 0.15) is 25.3 Å². The van der Waals surface area contributed by atoms with Crippen molar-refractivity contribution >= 4 is 28.4 Å². The Balaban J connectivity index is 2.04. The highest BCUT2D eigenvalue weighted by molar-refractivity contribution is 6.00. The number of anilines is 2. The number of rotatable bonds is 3. The van der Waals surface area contributed by atoms with Gasteiger partial charge in [0.15, 0.2) is 17.3 Å². The van der Waals surface area contributed by atoms with E-state index in [0.717, 1.165) is 12.8 Å². The highest BCUT2D eigenvalue weighted by Crippen LogP contribution is 2.46. The third kappa shape index (κ3) is 2.72. The first kappa shape index (κ1) is 17.4. The van der Waals surface area contributed by atoms with Crippen molar-refractivity contribution in [1.82, 2.24) is 4.57 Å². The number of halogens is 1. The molecule has 1 aliphatic carbocycles. The number of benzene rings is 1. The lowest BCUT2D eigenvalue weighted by Gasteiger charge is -2.24. The zero-order valence-electron chi connectivity index (χ0n) is 14.3. The van der Waals surface area contributed by atoms with Crippen LogP contribution in [0, 0.1) is 5.82 Å². The van der Waals surface area contributed by atoms with E-state index in [9.17, 15) is 14.7 Å². The third-order valence-electron chi connectivity index (χ3n) is 5.04. The van der Waals surface area contributed by atoms with Crippen molar-refractivity contribution in [3.63, 3.8) is 0 Å². The van der Waals surface area contributed by atoms with Gasteiger partial charge in [-0.2, -0.15) is 0 Å². The standard InChI is InChI=1S/C17H19FN4O5/c18-11-12(20)10-13(16(24)14(11)21-4-3-7(19)5-21)22(8-1-2-8)6-9(15(10)23)27-17(25)26/h6-8,24H,1-5,19-20H2,(H,25,26). The fraction of sp³-hybridized carbons (Fsp3) is 0.412. The van der Waals surface area contributed by atoms with Gasteiger partial charge in [0, 0.05) is 25.2 Å². The number of nitrogen functional groups attached to an aromatic ring is 1. The molecule has 4 rings (SSSR count). The largest absolute Gasteiger partial charge is 0.511 e. The molecule has 9 nitrogen and oxygen atoms in total. The van der Waals surface area contributed by atoms with Crippen molar-refractivity contribution in [3.8, 4) is 11.5 Å². The number of phenols is 1. The third-order valence-corrected chi connectivity index (χ3v) is 5.04. The maximum absolute atomic E-state index is 15.0. The molecule has 2 fully saturated rings. The maximum atomic E-state index is 15.0. The van der Waals surface area contributed by atoms with Crippen LogP contribution in [0.25, 0.3) is 10.9 Å². The Kier molecular flexibility index (Phi) is 3.88. The van der Waals surface area contributed by atoms with E-state index in [2.05, 4.69) is 4.74 Å². The number of phenolic OH excluding ortho intramolecular Hbond substituents is 1. The monoisotopic (exact) mass is 378 g/mol. The number of ether oxygens (including phenoxy) is 1. The molecule has 1 aromatic heterocycles. The van der Waals surface area contributed by atoms with Crippen molar-refractivity contribution < 1.29 is 24.1 Å². The van der Waals surface area contributed by atoms with Gasteiger partial charge >= 0.3 is 6.16 Å². The predicted octanol–water partition coefficient (Wildman–Crippen LogP) is 1.36. The lowest BCUT2D eigenvalue weighted by molar-refractivity contribution is 0.143. The Hall–Kier alpha value is -3.01. The summed E-state index contributed by atoms with van der Waals surface area (Å²) in [5, 5.41) is 19.4. The van der Waals surface area contributed by atoms with E-state index in [1.165, 1.54) is 6.20 Å². The molecule has 144 valence electrons. The molecule has 2 aliphatic rings. The van der Waals surface area contributed by atoms with Crippen molar-refractivity contribution in [1.29, 1.82) is 0 Å². The van der Waals surface area contributed by atoms with Gasteiger partial charge < -0.3 is 35.9 Å². The Morgan fingerprint density at radius 1 is 1.33 bits per heavy atom. The Morgan fingerprint density at radius 3 is 2.59 bits per heavy atom. The highest BCUT2D eigenvalue weighted by atomic mass is 19.1. The summed E-state index contributed by atoms with van der Waals surface area (Å²) in [4.78, 5) is 25.2. The van der Waals surface area contributed by atoms with Gasteiger partial charge in [-0.3, -0.25) is 4.79 Å².